The van der Waals surface area contributed by atoms with Crippen LogP contribution in [0.3, 0.4) is 0 Å². The van der Waals surface area contributed by atoms with Crippen molar-refractivity contribution < 1.29 is 39.2 Å². The maximum absolute atomic E-state index is 12.3. The third-order valence-electron chi connectivity index (χ3n) is 5.16. The fourth-order valence-electron chi connectivity index (χ4n) is 3.42. The van der Waals surface area contributed by atoms with Gasteiger partial charge in [0.05, 0.1) is 6.61 Å². The predicted molar refractivity (Wildman–Crippen MR) is 117 cm³/mol. The molecule has 0 bridgehead atoms. The standard InChI is InChI=1S/C22H33N3O8/c1-14(27)24-18-20(30)19(29)16(12-26)33-21(18)25-17(28)10-6-3-7-11-23-22(31)32-13-15-8-4-2-5-9-15/h2,4-5,8-9,16,18-21,26,29-30H,3,6-7,10-13H2,1H3,(H,23,31)(H,24,27)(H,25,28)/t16-,18-,19+,20-,21+/m1/s1. The minimum absolute atomic E-state index is 0.160. The van der Waals surface area contributed by atoms with E-state index < -0.39 is 49.2 Å². The van der Waals surface area contributed by atoms with Gasteiger partial charge in [-0.3, -0.25) is 9.59 Å². The number of benzene rings is 1. The Morgan fingerprint density at radius 3 is 2.42 bits per heavy atom. The third kappa shape index (κ3) is 8.97. The summed E-state index contributed by atoms with van der Waals surface area (Å²) >= 11 is 0. The molecule has 11 heteroatoms. The van der Waals surface area contributed by atoms with E-state index in [1.54, 1.807) is 0 Å². The van der Waals surface area contributed by atoms with Crippen LogP contribution in [-0.2, 0) is 25.7 Å². The van der Waals surface area contributed by atoms with Crippen LogP contribution in [0.15, 0.2) is 30.3 Å². The van der Waals surface area contributed by atoms with Gasteiger partial charge in [-0.2, -0.15) is 0 Å². The van der Waals surface area contributed by atoms with Crippen LogP contribution in [0.1, 0.15) is 38.2 Å². The van der Waals surface area contributed by atoms with Crippen molar-refractivity contribution in [3.8, 4) is 0 Å². The molecule has 0 aliphatic carbocycles. The molecule has 33 heavy (non-hydrogen) atoms. The molecule has 1 fully saturated rings. The zero-order valence-corrected chi connectivity index (χ0v) is 18.6. The smallest absolute Gasteiger partial charge is 0.407 e. The quantitative estimate of drug-likeness (QED) is 0.238. The zero-order chi connectivity index (χ0) is 24.2. The van der Waals surface area contributed by atoms with Crippen molar-refractivity contribution in [2.24, 2.45) is 0 Å². The predicted octanol–water partition coefficient (Wildman–Crippen LogP) is -0.467. The highest BCUT2D eigenvalue weighted by molar-refractivity contribution is 5.76. The summed E-state index contributed by atoms with van der Waals surface area (Å²) < 4.78 is 10.6. The number of aliphatic hydroxyl groups excluding tert-OH is 3. The van der Waals surface area contributed by atoms with Crippen LogP contribution in [0, 0.1) is 0 Å². The van der Waals surface area contributed by atoms with Gasteiger partial charge in [0.15, 0.2) is 6.23 Å². The number of carbonyl (C=O) groups is 3. The number of carbonyl (C=O) groups excluding carboxylic acids is 3. The molecule has 0 radical (unpaired) electrons. The van der Waals surface area contributed by atoms with Crippen LogP contribution in [0.5, 0.6) is 0 Å². The van der Waals surface area contributed by atoms with Crippen molar-refractivity contribution >= 4 is 17.9 Å². The molecule has 1 aromatic rings. The van der Waals surface area contributed by atoms with E-state index in [4.69, 9.17) is 9.47 Å². The highest BCUT2D eigenvalue weighted by atomic mass is 16.5. The number of amides is 3. The van der Waals surface area contributed by atoms with E-state index >= 15 is 0 Å². The van der Waals surface area contributed by atoms with E-state index in [1.807, 2.05) is 30.3 Å². The van der Waals surface area contributed by atoms with Gasteiger partial charge in [0.25, 0.3) is 0 Å². The van der Waals surface area contributed by atoms with E-state index in [0.29, 0.717) is 25.8 Å². The lowest BCUT2D eigenvalue weighted by atomic mass is 9.95. The molecule has 1 aromatic carbocycles. The van der Waals surface area contributed by atoms with Crippen molar-refractivity contribution in [2.45, 2.75) is 69.8 Å². The Bertz CT molecular complexity index is 763. The zero-order valence-electron chi connectivity index (χ0n) is 18.6. The van der Waals surface area contributed by atoms with Gasteiger partial charge in [0, 0.05) is 19.9 Å². The first-order valence-electron chi connectivity index (χ1n) is 10.9. The van der Waals surface area contributed by atoms with E-state index in [2.05, 4.69) is 16.0 Å². The maximum atomic E-state index is 12.3. The van der Waals surface area contributed by atoms with Gasteiger partial charge >= 0.3 is 6.09 Å². The summed E-state index contributed by atoms with van der Waals surface area (Å²) in [6.07, 6.45) is -3.50. The number of hydrogen-bond donors (Lipinski definition) is 6. The van der Waals surface area contributed by atoms with Crippen molar-refractivity contribution in [3.05, 3.63) is 35.9 Å². The first-order valence-corrected chi connectivity index (χ1v) is 10.9. The van der Waals surface area contributed by atoms with E-state index in [9.17, 15) is 29.7 Å². The Morgan fingerprint density at radius 2 is 1.76 bits per heavy atom. The van der Waals surface area contributed by atoms with Gasteiger partial charge in [0.1, 0.15) is 31.0 Å². The first kappa shape index (κ1) is 26.5. The van der Waals surface area contributed by atoms with Crippen molar-refractivity contribution in [1.29, 1.82) is 0 Å². The fraction of sp³-hybridized carbons (Fsp3) is 0.591. The topological polar surface area (TPSA) is 166 Å². The maximum Gasteiger partial charge on any atom is 0.407 e. The lowest BCUT2D eigenvalue weighted by Gasteiger charge is -2.42. The Kier molecular flexibility index (Phi) is 11.0. The molecule has 5 atom stereocenters. The van der Waals surface area contributed by atoms with Crippen LogP contribution in [-0.4, -0.2) is 77.0 Å². The van der Waals surface area contributed by atoms with Gasteiger partial charge in [-0.25, -0.2) is 4.79 Å². The highest BCUT2D eigenvalue weighted by Crippen LogP contribution is 2.20. The molecule has 0 aromatic heterocycles. The fourth-order valence-corrected chi connectivity index (χ4v) is 3.42. The number of alkyl carbamates (subject to hydrolysis) is 1. The second-order valence-electron chi connectivity index (χ2n) is 7.85. The number of aliphatic hydroxyl groups is 3. The number of rotatable bonds is 11. The Morgan fingerprint density at radius 1 is 1.03 bits per heavy atom. The van der Waals surface area contributed by atoms with E-state index in [1.165, 1.54) is 6.92 Å². The summed E-state index contributed by atoms with van der Waals surface area (Å²) in [6, 6.07) is 8.28. The number of hydrogen-bond acceptors (Lipinski definition) is 8. The molecular formula is C22H33N3O8. The molecule has 11 nitrogen and oxygen atoms in total. The van der Waals surface area contributed by atoms with Crippen molar-refractivity contribution in [1.82, 2.24) is 16.0 Å². The van der Waals surface area contributed by atoms with Crippen LogP contribution in [0.25, 0.3) is 0 Å². The molecule has 1 saturated heterocycles. The number of unbranched alkanes of at least 4 members (excludes halogenated alkanes) is 2. The minimum Gasteiger partial charge on any atom is -0.445 e. The lowest BCUT2D eigenvalue weighted by molar-refractivity contribution is -0.203. The molecule has 2 rings (SSSR count). The first-order chi connectivity index (χ1) is 15.8. The second-order valence-corrected chi connectivity index (χ2v) is 7.85. The van der Waals surface area contributed by atoms with Crippen molar-refractivity contribution in [2.75, 3.05) is 13.2 Å². The van der Waals surface area contributed by atoms with Crippen LogP contribution in [0.2, 0.25) is 0 Å². The van der Waals surface area contributed by atoms with Crippen molar-refractivity contribution in [3.63, 3.8) is 0 Å². The second kappa shape index (κ2) is 13.7. The Labute approximate surface area is 192 Å². The summed E-state index contributed by atoms with van der Waals surface area (Å²) in [5.74, 6) is -0.836. The summed E-state index contributed by atoms with van der Waals surface area (Å²) in [5.41, 5.74) is 0.897. The summed E-state index contributed by atoms with van der Waals surface area (Å²) in [5, 5.41) is 37.2. The summed E-state index contributed by atoms with van der Waals surface area (Å²) in [6.45, 7) is 1.28. The highest BCUT2D eigenvalue weighted by Gasteiger charge is 2.45. The van der Waals surface area contributed by atoms with Gasteiger partial charge in [-0.05, 0) is 18.4 Å². The molecule has 184 valence electrons. The molecule has 1 aliphatic heterocycles. The average molecular weight is 468 g/mol. The molecule has 6 N–H and O–H groups in total. The monoisotopic (exact) mass is 467 g/mol. The SMILES string of the molecule is CC(=O)N[C@@H]1[C@@H](O)[C@@H](O)[C@@H](CO)O[C@@H]1NC(=O)CCCCCNC(=O)OCc1ccccc1. The van der Waals surface area contributed by atoms with Gasteiger partial charge in [0.2, 0.25) is 11.8 Å². The Hall–Kier alpha value is -2.73. The van der Waals surface area contributed by atoms with Gasteiger partial charge in [-0.15, -0.1) is 0 Å². The molecule has 0 saturated carbocycles. The van der Waals surface area contributed by atoms with Crippen LogP contribution >= 0.6 is 0 Å². The number of ether oxygens (including phenoxy) is 2. The number of nitrogens with one attached hydrogen (secondary N) is 3. The lowest BCUT2D eigenvalue weighted by Crippen LogP contribution is -2.68. The van der Waals surface area contributed by atoms with Crippen LogP contribution in [0.4, 0.5) is 4.79 Å². The largest absolute Gasteiger partial charge is 0.445 e. The van der Waals surface area contributed by atoms with Gasteiger partial charge < -0.3 is 40.7 Å². The third-order valence-corrected chi connectivity index (χ3v) is 5.16. The molecular weight excluding hydrogens is 434 g/mol. The van der Waals surface area contributed by atoms with Gasteiger partial charge in [-0.1, -0.05) is 36.8 Å². The molecule has 0 unspecified atom stereocenters. The summed E-state index contributed by atoms with van der Waals surface area (Å²) in [7, 11) is 0. The Balaban J connectivity index is 1.65. The minimum atomic E-state index is -1.42. The molecule has 1 heterocycles. The molecule has 0 spiro atoms. The van der Waals surface area contributed by atoms with Crippen LogP contribution < -0.4 is 16.0 Å². The average Bonchev–Trinajstić information content (AvgIpc) is 2.80. The van der Waals surface area contributed by atoms with E-state index in [0.717, 1.165) is 5.56 Å². The molecule has 1 aliphatic rings. The normalized spacial score (nSPS) is 24.5. The summed E-state index contributed by atoms with van der Waals surface area (Å²) in [4.78, 5) is 35.4. The molecule has 3 amide bonds. The van der Waals surface area contributed by atoms with E-state index in [-0.39, 0.29) is 18.9 Å².